The van der Waals surface area contributed by atoms with Gasteiger partial charge in [-0.1, -0.05) is 0 Å². The number of aromatic nitrogens is 3. The number of likely N-dealkylation sites (tertiary alicyclic amines) is 2. The Bertz CT molecular complexity index is 997. The Morgan fingerprint density at radius 1 is 1.15 bits per heavy atom. The molecule has 0 radical (unpaired) electrons. The maximum atomic E-state index is 14.1. The fraction of sp³-hybridized carbons (Fsp3) is 0.591. The van der Waals surface area contributed by atoms with Crippen LogP contribution in [0.1, 0.15) is 49.4 Å². The van der Waals surface area contributed by atoms with Crippen LogP contribution in [-0.4, -0.2) is 63.3 Å². The summed E-state index contributed by atoms with van der Waals surface area (Å²) in [7, 11) is 0. The molecule has 178 valence electrons. The lowest BCUT2D eigenvalue weighted by Crippen LogP contribution is -2.62. The number of halogens is 4. The Morgan fingerprint density at radius 2 is 1.91 bits per heavy atom. The van der Waals surface area contributed by atoms with Crippen molar-refractivity contribution in [1.82, 2.24) is 25.0 Å². The topological polar surface area (TPSA) is 74.4 Å². The van der Waals surface area contributed by atoms with Gasteiger partial charge < -0.3 is 19.5 Å². The second-order valence-corrected chi connectivity index (χ2v) is 9.40. The van der Waals surface area contributed by atoms with Gasteiger partial charge in [0.1, 0.15) is 12.2 Å². The largest absolute Gasteiger partial charge is 0.487 e. The highest BCUT2D eigenvalue weighted by Crippen LogP contribution is 2.45. The molecule has 1 aromatic carbocycles. The molecule has 11 heteroatoms. The normalized spacial score (nSPS) is 23.1. The Kier molecular flexibility index (Phi) is 5.44. The van der Waals surface area contributed by atoms with Crippen LogP contribution in [0.3, 0.4) is 0 Å². The third-order valence-corrected chi connectivity index (χ3v) is 7.15. The van der Waals surface area contributed by atoms with E-state index in [1.165, 1.54) is 0 Å². The summed E-state index contributed by atoms with van der Waals surface area (Å²) in [5.41, 5.74) is -0.975. The molecule has 2 aromatic rings. The Balaban J connectivity index is 1.10. The summed E-state index contributed by atoms with van der Waals surface area (Å²) in [6.07, 6.45) is 0.613. The molecule has 2 aliphatic heterocycles. The molecule has 1 aliphatic carbocycles. The standard InChI is InChI=1S/C22H25F4N5O2/c23-17-9-15(22(24,25)26)1-2-18(17)33-16-3-6-21(7-4-16)11-31(12-21)20(32)30-8-5-14(10-30)19-27-13-28-29-19/h1-2,9,13-14,16H,3-8,10-12H2,(H,27,28,29). The quantitative estimate of drug-likeness (QED) is 0.687. The third kappa shape index (κ3) is 4.37. The van der Waals surface area contributed by atoms with Gasteiger partial charge >= 0.3 is 12.2 Å². The number of alkyl halides is 3. The van der Waals surface area contributed by atoms with Crippen molar-refractivity contribution in [2.75, 3.05) is 26.2 Å². The number of rotatable bonds is 3. The lowest BCUT2D eigenvalue weighted by atomic mass is 9.68. The van der Waals surface area contributed by atoms with Gasteiger partial charge in [-0.25, -0.2) is 9.18 Å². The van der Waals surface area contributed by atoms with Crippen LogP contribution in [0.5, 0.6) is 5.75 Å². The molecule has 1 N–H and O–H groups in total. The predicted octanol–water partition coefficient (Wildman–Crippen LogP) is 4.20. The van der Waals surface area contributed by atoms with Crippen LogP contribution in [0.4, 0.5) is 22.4 Å². The van der Waals surface area contributed by atoms with Crippen molar-refractivity contribution in [3.05, 3.63) is 41.7 Å². The van der Waals surface area contributed by atoms with E-state index in [0.717, 1.165) is 37.2 Å². The van der Waals surface area contributed by atoms with Crippen LogP contribution in [-0.2, 0) is 6.18 Å². The number of nitrogens with one attached hydrogen (secondary N) is 1. The molecule has 5 rings (SSSR count). The van der Waals surface area contributed by atoms with Gasteiger partial charge in [0.2, 0.25) is 0 Å². The lowest BCUT2D eigenvalue weighted by Gasteiger charge is -2.53. The van der Waals surface area contributed by atoms with Crippen molar-refractivity contribution in [2.24, 2.45) is 5.41 Å². The zero-order valence-electron chi connectivity index (χ0n) is 17.9. The number of amides is 2. The maximum Gasteiger partial charge on any atom is 0.416 e. The number of aromatic amines is 1. The molecule has 33 heavy (non-hydrogen) atoms. The number of ether oxygens (including phenoxy) is 1. The van der Waals surface area contributed by atoms with E-state index in [9.17, 15) is 22.4 Å². The van der Waals surface area contributed by atoms with Gasteiger partial charge in [0, 0.05) is 37.5 Å². The molecular formula is C22H25F4N5O2. The summed E-state index contributed by atoms with van der Waals surface area (Å²) >= 11 is 0. The van der Waals surface area contributed by atoms with Crippen molar-refractivity contribution >= 4 is 6.03 Å². The second kappa shape index (κ2) is 8.18. The molecule has 1 aromatic heterocycles. The Hall–Kier alpha value is -2.85. The fourth-order valence-corrected chi connectivity index (χ4v) is 5.26. The molecule has 3 fully saturated rings. The highest BCUT2D eigenvalue weighted by Gasteiger charge is 2.48. The Labute approximate surface area is 188 Å². The molecule has 0 bridgehead atoms. The van der Waals surface area contributed by atoms with E-state index < -0.39 is 17.6 Å². The van der Waals surface area contributed by atoms with E-state index in [1.807, 2.05) is 9.80 Å². The molecular weight excluding hydrogens is 442 g/mol. The van der Waals surface area contributed by atoms with Gasteiger partial charge in [-0.2, -0.15) is 13.2 Å². The summed E-state index contributed by atoms with van der Waals surface area (Å²) < 4.78 is 57.9. The number of carbonyl (C=O) groups excluding carboxylic acids is 1. The monoisotopic (exact) mass is 467 g/mol. The van der Waals surface area contributed by atoms with Gasteiger partial charge in [0.05, 0.1) is 11.7 Å². The lowest BCUT2D eigenvalue weighted by molar-refractivity contribution is -0.137. The summed E-state index contributed by atoms with van der Waals surface area (Å²) in [6, 6.07) is 2.41. The smallest absolute Gasteiger partial charge is 0.416 e. The molecule has 2 amide bonds. The van der Waals surface area contributed by atoms with Crippen molar-refractivity contribution in [1.29, 1.82) is 0 Å². The van der Waals surface area contributed by atoms with Gasteiger partial charge in [-0.15, -0.1) is 10.2 Å². The highest BCUT2D eigenvalue weighted by atomic mass is 19.4. The number of hydrogen-bond acceptors (Lipinski definition) is 4. The first-order valence-corrected chi connectivity index (χ1v) is 11.2. The summed E-state index contributed by atoms with van der Waals surface area (Å²) in [4.78, 5) is 19.6. The minimum Gasteiger partial charge on any atom is -0.487 e. The zero-order valence-corrected chi connectivity index (χ0v) is 17.9. The highest BCUT2D eigenvalue weighted by molar-refractivity contribution is 5.76. The van der Waals surface area contributed by atoms with Crippen molar-refractivity contribution < 1.29 is 27.1 Å². The molecule has 1 spiro atoms. The first-order valence-electron chi connectivity index (χ1n) is 11.2. The number of carbonyl (C=O) groups is 1. The summed E-state index contributed by atoms with van der Waals surface area (Å²) in [6.45, 7) is 2.71. The number of H-pyrrole nitrogens is 1. The first-order chi connectivity index (χ1) is 15.7. The van der Waals surface area contributed by atoms with Crippen molar-refractivity contribution in [3.63, 3.8) is 0 Å². The predicted molar refractivity (Wildman–Crippen MR) is 109 cm³/mol. The molecule has 1 atom stereocenters. The van der Waals surface area contributed by atoms with Crippen LogP contribution >= 0.6 is 0 Å². The number of nitrogens with zero attached hydrogens (tertiary/aromatic N) is 4. The first kappa shape index (κ1) is 22.0. The van der Waals surface area contributed by atoms with E-state index in [1.54, 1.807) is 6.33 Å². The second-order valence-electron chi connectivity index (χ2n) is 9.40. The van der Waals surface area contributed by atoms with Crippen molar-refractivity contribution in [3.8, 4) is 5.75 Å². The van der Waals surface area contributed by atoms with Crippen LogP contribution in [0.25, 0.3) is 0 Å². The zero-order chi connectivity index (χ0) is 23.2. The summed E-state index contributed by atoms with van der Waals surface area (Å²) in [5.74, 6) is -0.150. The van der Waals surface area contributed by atoms with Crippen LogP contribution in [0, 0.1) is 11.2 Å². The van der Waals surface area contributed by atoms with Gasteiger partial charge in [-0.3, -0.25) is 0 Å². The third-order valence-electron chi connectivity index (χ3n) is 7.15. The minimum absolute atomic E-state index is 0.0489. The Morgan fingerprint density at radius 3 is 2.55 bits per heavy atom. The molecule has 1 saturated carbocycles. The molecule has 1 unspecified atom stereocenters. The average molecular weight is 467 g/mol. The fourth-order valence-electron chi connectivity index (χ4n) is 5.26. The minimum atomic E-state index is -4.59. The molecule has 3 aliphatic rings. The number of benzene rings is 1. The SMILES string of the molecule is O=C(N1CCC(c2nnc[nH]2)C1)N1CC2(CCC(Oc3ccc(C(F)(F)F)cc3F)CC2)C1. The van der Waals surface area contributed by atoms with Crippen molar-refractivity contribution in [2.45, 2.75) is 50.3 Å². The molecule has 7 nitrogen and oxygen atoms in total. The maximum absolute atomic E-state index is 14.1. The molecule has 2 saturated heterocycles. The number of urea groups is 1. The van der Waals surface area contributed by atoms with E-state index >= 15 is 0 Å². The molecule has 3 heterocycles. The number of hydrogen-bond donors (Lipinski definition) is 1. The van der Waals surface area contributed by atoms with Crippen LogP contribution in [0.15, 0.2) is 24.5 Å². The summed E-state index contributed by atoms with van der Waals surface area (Å²) in [5, 5.41) is 7.87. The van der Waals surface area contributed by atoms with E-state index in [2.05, 4.69) is 15.2 Å². The van der Waals surface area contributed by atoms with Gasteiger partial charge in [-0.05, 0) is 50.3 Å². The van der Waals surface area contributed by atoms with E-state index in [0.29, 0.717) is 45.1 Å². The van der Waals surface area contributed by atoms with Crippen LogP contribution in [0.2, 0.25) is 0 Å². The van der Waals surface area contributed by atoms with Gasteiger partial charge in [0.25, 0.3) is 0 Å². The van der Waals surface area contributed by atoms with Gasteiger partial charge in [0.15, 0.2) is 11.6 Å². The van der Waals surface area contributed by atoms with E-state index in [4.69, 9.17) is 4.74 Å². The van der Waals surface area contributed by atoms with E-state index in [-0.39, 0.29) is 29.2 Å². The average Bonchev–Trinajstić information content (AvgIpc) is 3.45. The van der Waals surface area contributed by atoms with Crippen LogP contribution < -0.4 is 4.74 Å².